The van der Waals surface area contributed by atoms with Gasteiger partial charge in [-0.1, -0.05) is 26.0 Å². The zero-order valence-electron chi connectivity index (χ0n) is 13.6. The van der Waals surface area contributed by atoms with Crippen LogP contribution in [0.2, 0.25) is 0 Å². The molecule has 1 saturated heterocycles. The van der Waals surface area contributed by atoms with Crippen molar-refractivity contribution in [2.24, 2.45) is 5.92 Å². The van der Waals surface area contributed by atoms with Gasteiger partial charge >= 0.3 is 0 Å². The van der Waals surface area contributed by atoms with E-state index >= 15 is 0 Å². The fraction of sp³-hybridized carbons (Fsp3) is 0.588. The van der Waals surface area contributed by atoms with E-state index in [2.05, 4.69) is 30.5 Å². The molecule has 5 heteroatoms. The van der Waals surface area contributed by atoms with E-state index in [0.29, 0.717) is 19.0 Å². The number of hydrogen-bond acceptors (Lipinski definition) is 4. The molecule has 2 unspecified atom stereocenters. The van der Waals surface area contributed by atoms with E-state index in [9.17, 15) is 9.90 Å². The van der Waals surface area contributed by atoms with E-state index in [1.165, 1.54) is 0 Å². The molecule has 1 aliphatic heterocycles. The highest BCUT2D eigenvalue weighted by atomic mass is 16.5. The summed E-state index contributed by atoms with van der Waals surface area (Å²) in [4.78, 5) is 11.9. The number of hydrogen-bond donors (Lipinski definition) is 3. The molecule has 0 aromatic heterocycles. The molecule has 1 aromatic carbocycles. The molecule has 0 bridgehead atoms. The maximum Gasteiger partial charge on any atom is 0.257 e. The highest BCUT2D eigenvalue weighted by Crippen LogP contribution is 2.27. The van der Waals surface area contributed by atoms with Gasteiger partial charge in [0.15, 0.2) is 6.61 Å². The van der Waals surface area contributed by atoms with E-state index in [1.807, 2.05) is 19.1 Å². The van der Waals surface area contributed by atoms with Gasteiger partial charge in [-0.25, -0.2) is 0 Å². The van der Waals surface area contributed by atoms with E-state index in [-0.39, 0.29) is 24.5 Å². The SMILES string of the molecule is Cc1ccc(C(C)C)c(OCC(=O)NCC2CNCC2O)c1. The molecular weight excluding hydrogens is 280 g/mol. The molecule has 0 spiro atoms. The van der Waals surface area contributed by atoms with Crippen molar-refractivity contribution in [3.05, 3.63) is 29.3 Å². The minimum Gasteiger partial charge on any atom is -0.483 e. The lowest BCUT2D eigenvalue weighted by molar-refractivity contribution is -0.123. The summed E-state index contributed by atoms with van der Waals surface area (Å²) in [6.07, 6.45) is -0.384. The van der Waals surface area contributed by atoms with Crippen LogP contribution in [0.3, 0.4) is 0 Å². The van der Waals surface area contributed by atoms with Gasteiger partial charge in [-0.15, -0.1) is 0 Å². The number of rotatable bonds is 6. The lowest BCUT2D eigenvalue weighted by atomic mass is 10.0. The average Bonchev–Trinajstić information content (AvgIpc) is 2.88. The summed E-state index contributed by atoms with van der Waals surface area (Å²) in [7, 11) is 0. The molecule has 0 radical (unpaired) electrons. The molecule has 1 fully saturated rings. The van der Waals surface area contributed by atoms with Crippen LogP contribution in [0.25, 0.3) is 0 Å². The largest absolute Gasteiger partial charge is 0.483 e. The Morgan fingerprint density at radius 3 is 2.86 bits per heavy atom. The van der Waals surface area contributed by atoms with Gasteiger partial charge in [0.1, 0.15) is 5.75 Å². The lowest BCUT2D eigenvalue weighted by Gasteiger charge is -2.16. The molecule has 1 heterocycles. The Bertz CT molecular complexity index is 517. The van der Waals surface area contributed by atoms with Crippen molar-refractivity contribution in [3.8, 4) is 5.75 Å². The van der Waals surface area contributed by atoms with Crippen molar-refractivity contribution in [3.63, 3.8) is 0 Å². The molecule has 122 valence electrons. The summed E-state index contributed by atoms with van der Waals surface area (Å²) in [5.74, 6) is 1.04. The molecule has 2 rings (SSSR count). The van der Waals surface area contributed by atoms with Crippen LogP contribution in [-0.2, 0) is 4.79 Å². The monoisotopic (exact) mass is 306 g/mol. The smallest absolute Gasteiger partial charge is 0.257 e. The van der Waals surface area contributed by atoms with Crippen LogP contribution in [0.15, 0.2) is 18.2 Å². The second kappa shape index (κ2) is 7.61. The highest BCUT2D eigenvalue weighted by Gasteiger charge is 2.25. The minimum atomic E-state index is -0.384. The number of aliphatic hydroxyl groups is 1. The molecule has 1 aromatic rings. The quantitative estimate of drug-likeness (QED) is 0.738. The molecule has 22 heavy (non-hydrogen) atoms. The van der Waals surface area contributed by atoms with Gasteiger partial charge in [0.2, 0.25) is 0 Å². The summed E-state index contributed by atoms with van der Waals surface area (Å²) >= 11 is 0. The third-order valence-electron chi connectivity index (χ3n) is 4.02. The highest BCUT2D eigenvalue weighted by molar-refractivity contribution is 5.77. The zero-order chi connectivity index (χ0) is 16.1. The van der Waals surface area contributed by atoms with Crippen LogP contribution >= 0.6 is 0 Å². The Balaban J connectivity index is 1.84. The van der Waals surface area contributed by atoms with Crippen LogP contribution in [-0.4, -0.2) is 43.4 Å². The fourth-order valence-electron chi connectivity index (χ4n) is 2.61. The predicted molar refractivity (Wildman–Crippen MR) is 86.1 cm³/mol. The average molecular weight is 306 g/mol. The summed E-state index contributed by atoms with van der Waals surface area (Å²) in [5.41, 5.74) is 2.22. The van der Waals surface area contributed by atoms with Crippen LogP contribution in [0, 0.1) is 12.8 Å². The third-order valence-corrected chi connectivity index (χ3v) is 4.02. The number of ether oxygens (including phenoxy) is 1. The second-order valence-corrected chi connectivity index (χ2v) is 6.27. The number of aryl methyl sites for hydroxylation is 1. The van der Waals surface area contributed by atoms with Gasteiger partial charge in [-0.05, 0) is 30.0 Å². The Morgan fingerprint density at radius 1 is 1.45 bits per heavy atom. The van der Waals surface area contributed by atoms with E-state index in [0.717, 1.165) is 23.4 Å². The van der Waals surface area contributed by atoms with Crippen molar-refractivity contribution in [2.45, 2.75) is 32.8 Å². The van der Waals surface area contributed by atoms with Crippen molar-refractivity contribution in [1.82, 2.24) is 10.6 Å². The topological polar surface area (TPSA) is 70.6 Å². The van der Waals surface area contributed by atoms with Crippen molar-refractivity contribution in [1.29, 1.82) is 0 Å². The normalized spacial score (nSPS) is 21.1. The molecule has 2 atom stereocenters. The van der Waals surface area contributed by atoms with Gasteiger partial charge in [-0.3, -0.25) is 4.79 Å². The van der Waals surface area contributed by atoms with Crippen LogP contribution in [0.5, 0.6) is 5.75 Å². The Hall–Kier alpha value is -1.59. The first-order valence-corrected chi connectivity index (χ1v) is 7.86. The molecule has 0 saturated carbocycles. The molecule has 1 aliphatic rings. The van der Waals surface area contributed by atoms with Crippen molar-refractivity contribution >= 4 is 5.91 Å². The van der Waals surface area contributed by atoms with Crippen LogP contribution in [0.4, 0.5) is 0 Å². The Morgan fingerprint density at radius 2 is 2.23 bits per heavy atom. The molecule has 3 N–H and O–H groups in total. The molecule has 0 aliphatic carbocycles. The standard InChI is InChI=1S/C17H26N2O3/c1-11(2)14-5-4-12(3)6-16(14)22-10-17(21)19-8-13-7-18-9-15(13)20/h4-6,11,13,15,18,20H,7-10H2,1-3H3,(H,19,21). The van der Waals surface area contributed by atoms with Crippen molar-refractivity contribution < 1.29 is 14.6 Å². The third kappa shape index (κ3) is 4.45. The Labute approximate surface area is 132 Å². The first-order chi connectivity index (χ1) is 10.5. The maximum atomic E-state index is 11.9. The summed E-state index contributed by atoms with van der Waals surface area (Å²) < 4.78 is 5.69. The van der Waals surface area contributed by atoms with Crippen LogP contribution < -0.4 is 15.4 Å². The second-order valence-electron chi connectivity index (χ2n) is 6.27. The fourth-order valence-corrected chi connectivity index (χ4v) is 2.61. The van der Waals surface area contributed by atoms with Gasteiger partial charge in [0, 0.05) is 25.6 Å². The number of carbonyl (C=O) groups excluding carboxylic acids is 1. The number of carbonyl (C=O) groups is 1. The van der Waals surface area contributed by atoms with Gasteiger partial charge < -0.3 is 20.5 Å². The predicted octanol–water partition coefficient (Wildman–Crippen LogP) is 1.19. The first-order valence-electron chi connectivity index (χ1n) is 7.86. The molecular formula is C17H26N2O3. The Kier molecular flexibility index (Phi) is 5.80. The number of nitrogens with one attached hydrogen (secondary N) is 2. The van der Waals surface area contributed by atoms with Gasteiger partial charge in [0.05, 0.1) is 6.10 Å². The first kappa shape index (κ1) is 16.8. The lowest BCUT2D eigenvalue weighted by Crippen LogP contribution is -2.36. The summed E-state index contributed by atoms with van der Waals surface area (Å²) in [5, 5.41) is 15.6. The van der Waals surface area contributed by atoms with E-state index < -0.39 is 0 Å². The zero-order valence-corrected chi connectivity index (χ0v) is 13.6. The molecule has 5 nitrogen and oxygen atoms in total. The summed E-state index contributed by atoms with van der Waals surface area (Å²) in [6, 6.07) is 6.07. The van der Waals surface area contributed by atoms with E-state index in [4.69, 9.17) is 4.74 Å². The summed E-state index contributed by atoms with van der Waals surface area (Å²) in [6.45, 7) is 8.01. The molecule has 1 amide bonds. The minimum absolute atomic E-state index is 0.000578. The van der Waals surface area contributed by atoms with Crippen molar-refractivity contribution in [2.75, 3.05) is 26.2 Å². The van der Waals surface area contributed by atoms with E-state index in [1.54, 1.807) is 0 Å². The van der Waals surface area contributed by atoms with Gasteiger partial charge in [-0.2, -0.15) is 0 Å². The van der Waals surface area contributed by atoms with Crippen LogP contribution in [0.1, 0.15) is 30.9 Å². The maximum absolute atomic E-state index is 11.9. The number of amides is 1. The number of aliphatic hydroxyl groups excluding tert-OH is 1. The number of benzene rings is 1. The van der Waals surface area contributed by atoms with Gasteiger partial charge in [0.25, 0.3) is 5.91 Å². The number of β-amino-alcohol motifs (C(OH)–C–C–N with tert-alkyl or cyclic N) is 1.